The monoisotopic (exact) mass is 479 g/mol. The van der Waals surface area contributed by atoms with E-state index in [4.69, 9.17) is 4.74 Å². The summed E-state index contributed by atoms with van der Waals surface area (Å²) in [5.74, 6) is -2.13. The first-order valence-corrected chi connectivity index (χ1v) is 12.7. The number of hydrogen-bond acceptors (Lipinski definition) is 5. The van der Waals surface area contributed by atoms with E-state index in [1.807, 2.05) is 49.4 Å². The minimum Gasteiger partial charge on any atom is -0.445 e. The zero-order chi connectivity index (χ0) is 25.2. The van der Waals surface area contributed by atoms with E-state index in [-0.39, 0.29) is 17.9 Å². The minimum atomic E-state index is -1.57. The first kappa shape index (κ1) is 25.4. The van der Waals surface area contributed by atoms with E-state index in [2.05, 4.69) is 18.8 Å². The molecule has 3 N–H and O–H groups in total. The van der Waals surface area contributed by atoms with E-state index >= 15 is 0 Å². The second-order valence-electron chi connectivity index (χ2n) is 10.5. The van der Waals surface area contributed by atoms with Crippen LogP contribution in [-0.4, -0.2) is 45.9 Å². The number of nitrogens with one attached hydrogen (secondary N) is 1. The Kier molecular flexibility index (Phi) is 7.62. The van der Waals surface area contributed by atoms with Crippen molar-refractivity contribution in [3.05, 3.63) is 72.4 Å². The number of amides is 1. The van der Waals surface area contributed by atoms with E-state index in [1.54, 1.807) is 0 Å². The van der Waals surface area contributed by atoms with Crippen molar-refractivity contribution in [3.63, 3.8) is 0 Å². The Hall–Kier alpha value is -2.70. The van der Waals surface area contributed by atoms with Crippen LogP contribution < -0.4 is 5.32 Å². The topological polar surface area (TPSA) is 95.9 Å². The van der Waals surface area contributed by atoms with Gasteiger partial charge in [-0.15, -0.1) is 0 Å². The molecule has 2 fully saturated rings. The fourth-order valence-electron chi connectivity index (χ4n) is 6.09. The Bertz CT molecular complexity index is 1000. The van der Waals surface area contributed by atoms with Crippen LogP contribution >= 0.6 is 0 Å². The Morgan fingerprint density at radius 3 is 2.60 bits per heavy atom. The second-order valence-corrected chi connectivity index (χ2v) is 10.5. The van der Waals surface area contributed by atoms with E-state index in [0.717, 1.165) is 24.8 Å². The number of benzene rings is 1. The van der Waals surface area contributed by atoms with Crippen LogP contribution in [0.1, 0.15) is 45.1 Å². The van der Waals surface area contributed by atoms with Crippen LogP contribution in [0.2, 0.25) is 0 Å². The van der Waals surface area contributed by atoms with Crippen LogP contribution in [0.3, 0.4) is 0 Å². The van der Waals surface area contributed by atoms with Crippen molar-refractivity contribution in [2.24, 2.45) is 23.7 Å². The third-order valence-electron chi connectivity index (χ3n) is 8.04. The number of hydrogen-bond donors (Lipinski definition) is 3. The predicted octanol–water partition coefficient (Wildman–Crippen LogP) is 3.49. The third-order valence-corrected chi connectivity index (χ3v) is 8.04. The first-order chi connectivity index (χ1) is 16.7. The summed E-state index contributed by atoms with van der Waals surface area (Å²) >= 11 is 0. The summed E-state index contributed by atoms with van der Waals surface area (Å²) in [6.45, 7) is 8.27. The zero-order valence-corrected chi connectivity index (χ0v) is 20.6. The van der Waals surface area contributed by atoms with Crippen molar-refractivity contribution in [1.29, 1.82) is 0 Å². The fourth-order valence-corrected chi connectivity index (χ4v) is 6.09. The maximum atomic E-state index is 13.7. The standard InChI is InChI=1S/C29H37NO5/c1-18-9-7-13-22(31)15-16-25(32)35-29-23(14-8-10-18)27(33)20(3)19(2)26(29)24(30-28(29)34)17-21-11-5-4-6-12-21/h4-6,8,11-12,14-16,18-19,22-24,26-27,31,33H,3,7,9-10,13,17H2,1-2H3,(H,30,34)/b14-8+,16-15-/t18-,19-,22-,23?,24-,26+,27-,29-/m1/s1. The molecular formula is C29H37NO5. The molecule has 1 amide bonds. The van der Waals surface area contributed by atoms with Gasteiger partial charge in [-0.2, -0.15) is 0 Å². The van der Waals surface area contributed by atoms with Gasteiger partial charge in [0.1, 0.15) is 0 Å². The lowest BCUT2D eigenvalue weighted by molar-refractivity contribution is -0.182. The van der Waals surface area contributed by atoms with Crippen molar-refractivity contribution in [2.45, 2.75) is 69.8 Å². The molecule has 4 rings (SSSR count). The number of ether oxygens (including phenoxy) is 1. The average molecular weight is 480 g/mol. The molecule has 1 saturated carbocycles. The molecule has 0 radical (unpaired) electrons. The molecule has 1 spiro atoms. The molecule has 8 atom stereocenters. The largest absolute Gasteiger partial charge is 0.445 e. The smallest absolute Gasteiger partial charge is 0.331 e. The maximum absolute atomic E-state index is 13.7. The van der Waals surface area contributed by atoms with Crippen LogP contribution in [0.4, 0.5) is 0 Å². The quantitative estimate of drug-likeness (QED) is 0.446. The van der Waals surface area contributed by atoms with Gasteiger partial charge in [-0.3, -0.25) is 4.79 Å². The summed E-state index contributed by atoms with van der Waals surface area (Å²) in [7, 11) is 0. The molecule has 6 nitrogen and oxygen atoms in total. The highest BCUT2D eigenvalue weighted by atomic mass is 16.6. The van der Waals surface area contributed by atoms with Gasteiger partial charge in [0.25, 0.3) is 5.91 Å². The van der Waals surface area contributed by atoms with Gasteiger partial charge in [-0.25, -0.2) is 4.79 Å². The van der Waals surface area contributed by atoms with E-state index < -0.39 is 35.6 Å². The van der Waals surface area contributed by atoms with E-state index in [0.29, 0.717) is 24.3 Å². The molecule has 1 unspecified atom stereocenters. The number of aliphatic hydroxyl groups is 2. The average Bonchev–Trinajstić information content (AvgIpc) is 3.09. The van der Waals surface area contributed by atoms with Crippen molar-refractivity contribution >= 4 is 11.9 Å². The van der Waals surface area contributed by atoms with Gasteiger partial charge in [-0.05, 0) is 48.3 Å². The van der Waals surface area contributed by atoms with Crippen LogP contribution in [0, 0.1) is 23.7 Å². The Morgan fingerprint density at radius 2 is 1.86 bits per heavy atom. The number of carbonyl (C=O) groups excluding carboxylic acids is 2. The lowest BCUT2D eigenvalue weighted by Crippen LogP contribution is -2.61. The molecule has 3 aliphatic rings. The number of allylic oxidation sites excluding steroid dienone is 1. The molecule has 1 aliphatic carbocycles. The lowest BCUT2D eigenvalue weighted by atomic mass is 9.59. The Morgan fingerprint density at radius 1 is 1.11 bits per heavy atom. The summed E-state index contributed by atoms with van der Waals surface area (Å²) in [6.07, 6.45) is 8.39. The second kappa shape index (κ2) is 10.5. The normalized spacial score (nSPS) is 40.0. The van der Waals surface area contributed by atoms with Crippen LogP contribution in [0.25, 0.3) is 0 Å². The third kappa shape index (κ3) is 5.00. The Balaban J connectivity index is 1.78. The Labute approximate surface area is 207 Å². The van der Waals surface area contributed by atoms with Crippen molar-refractivity contribution in [2.75, 3.05) is 0 Å². The van der Waals surface area contributed by atoms with Crippen molar-refractivity contribution in [3.8, 4) is 0 Å². The summed E-state index contributed by atoms with van der Waals surface area (Å²) in [6, 6.07) is 9.59. The van der Waals surface area contributed by atoms with Crippen molar-refractivity contribution in [1.82, 2.24) is 5.32 Å². The molecule has 1 aromatic rings. The van der Waals surface area contributed by atoms with Gasteiger partial charge in [-0.1, -0.05) is 75.8 Å². The number of esters is 1. The number of aliphatic hydroxyl groups excluding tert-OH is 2. The SMILES string of the molecule is C=C1[C@@H](O)C2/C=C/C[C@H](C)CCC[C@@H](O)/C=C\C(=O)O[C@]23C(=O)N[C@H](Cc2ccccc2)[C@@H]3[C@@H]1C. The molecule has 1 saturated heterocycles. The minimum absolute atomic E-state index is 0.262. The van der Waals surface area contributed by atoms with Gasteiger partial charge in [0.05, 0.1) is 18.1 Å². The summed E-state index contributed by atoms with van der Waals surface area (Å²) < 4.78 is 6.05. The number of carbonyl (C=O) groups is 2. The van der Waals surface area contributed by atoms with Crippen LogP contribution in [0.5, 0.6) is 0 Å². The van der Waals surface area contributed by atoms with E-state index in [9.17, 15) is 19.8 Å². The highest BCUT2D eigenvalue weighted by molar-refractivity contribution is 5.94. The summed E-state index contributed by atoms with van der Waals surface area (Å²) in [5.41, 5.74) is 0.136. The maximum Gasteiger partial charge on any atom is 0.331 e. The summed E-state index contributed by atoms with van der Waals surface area (Å²) in [4.78, 5) is 26.8. The highest BCUT2D eigenvalue weighted by Gasteiger charge is 2.67. The van der Waals surface area contributed by atoms with Crippen LogP contribution in [0.15, 0.2) is 66.8 Å². The van der Waals surface area contributed by atoms with Gasteiger partial charge in [0.2, 0.25) is 5.60 Å². The lowest BCUT2D eigenvalue weighted by Gasteiger charge is -2.49. The molecular weight excluding hydrogens is 442 g/mol. The predicted molar refractivity (Wildman–Crippen MR) is 134 cm³/mol. The van der Waals surface area contributed by atoms with Crippen LogP contribution in [-0.2, 0) is 20.7 Å². The van der Waals surface area contributed by atoms with Gasteiger partial charge in [0, 0.05) is 18.0 Å². The molecule has 35 heavy (non-hydrogen) atoms. The molecule has 2 aliphatic heterocycles. The van der Waals surface area contributed by atoms with E-state index in [1.165, 1.54) is 12.2 Å². The van der Waals surface area contributed by atoms with Crippen molar-refractivity contribution < 1.29 is 24.5 Å². The number of rotatable bonds is 2. The first-order valence-electron chi connectivity index (χ1n) is 12.7. The molecule has 0 bridgehead atoms. The molecule has 2 heterocycles. The molecule has 0 aromatic heterocycles. The van der Waals surface area contributed by atoms with Gasteiger partial charge < -0.3 is 20.3 Å². The molecule has 6 heteroatoms. The molecule has 1 aromatic carbocycles. The zero-order valence-electron chi connectivity index (χ0n) is 20.6. The molecule has 188 valence electrons. The van der Waals surface area contributed by atoms with Gasteiger partial charge >= 0.3 is 5.97 Å². The fraction of sp³-hybridized carbons (Fsp3) is 0.517. The van der Waals surface area contributed by atoms with Gasteiger partial charge in [0.15, 0.2) is 0 Å². The highest BCUT2D eigenvalue weighted by Crippen LogP contribution is 2.52. The summed E-state index contributed by atoms with van der Waals surface area (Å²) in [5, 5.41) is 24.7.